The molecule has 0 bridgehead atoms. The van der Waals surface area contributed by atoms with Crippen molar-refractivity contribution in [1.29, 1.82) is 0 Å². The molecule has 1 saturated heterocycles. The number of anilines is 1. The Labute approximate surface area is 151 Å². The first-order chi connectivity index (χ1) is 12.6. The number of nitrogens with zero attached hydrogens (tertiary/aromatic N) is 5. The Hall–Kier alpha value is -2.96. The standard InChI is InChI=1S/C19H21N5O2/c1-13-3-4-17-15(9-13)16(22-26-17)11-19(25)24-7-5-23(6-8-24)18-10-14(2)20-12-21-18/h3-4,9-10,12H,5-8,11H2,1-2H3. The second kappa shape index (κ2) is 6.74. The Morgan fingerprint density at radius 3 is 2.69 bits per heavy atom. The molecule has 0 unspecified atom stereocenters. The van der Waals surface area contributed by atoms with Gasteiger partial charge in [-0.3, -0.25) is 4.79 Å². The first-order valence-corrected chi connectivity index (χ1v) is 8.76. The van der Waals surface area contributed by atoms with E-state index in [4.69, 9.17) is 4.52 Å². The fraction of sp³-hybridized carbons (Fsp3) is 0.368. The molecule has 7 heteroatoms. The number of amides is 1. The summed E-state index contributed by atoms with van der Waals surface area (Å²) in [5, 5.41) is 5.02. The van der Waals surface area contributed by atoms with Crippen molar-refractivity contribution in [2.75, 3.05) is 31.1 Å². The maximum Gasteiger partial charge on any atom is 0.228 e. The third-order valence-corrected chi connectivity index (χ3v) is 4.76. The Morgan fingerprint density at radius 1 is 1.12 bits per heavy atom. The molecule has 1 amide bonds. The van der Waals surface area contributed by atoms with Crippen molar-refractivity contribution >= 4 is 22.7 Å². The van der Waals surface area contributed by atoms with E-state index in [1.54, 1.807) is 6.33 Å². The number of benzene rings is 1. The van der Waals surface area contributed by atoms with E-state index >= 15 is 0 Å². The van der Waals surface area contributed by atoms with Gasteiger partial charge in [-0.25, -0.2) is 9.97 Å². The Kier molecular flexibility index (Phi) is 4.28. The van der Waals surface area contributed by atoms with E-state index in [0.717, 1.165) is 41.1 Å². The van der Waals surface area contributed by atoms with Crippen molar-refractivity contribution in [2.45, 2.75) is 20.3 Å². The number of fused-ring (bicyclic) bond motifs is 1. The minimum atomic E-state index is 0.0835. The van der Waals surface area contributed by atoms with Crippen LogP contribution >= 0.6 is 0 Å². The fourth-order valence-corrected chi connectivity index (χ4v) is 3.28. The van der Waals surface area contributed by atoms with Gasteiger partial charge in [0.1, 0.15) is 17.8 Å². The smallest absolute Gasteiger partial charge is 0.228 e. The number of carbonyl (C=O) groups excluding carboxylic acids is 1. The monoisotopic (exact) mass is 351 g/mol. The molecule has 26 heavy (non-hydrogen) atoms. The van der Waals surface area contributed by atoms with Crippen LogP contribution in [-0.2, 0) is 11.2 Å². The van der Waals surface area contributed by atoms with Gasteiger partial charge in [0.2, 0.25) is 5.91 Å². The van der Waals surface area contributed by atoms with Gasteiger partial charge in [0, 0.05) is 43.3 Å². The highest BCUT2D eigenvalue weighted by molar-refractivity contribution is 5.86. The number of rotatable bonds is 3. The molecular weight excluding hydrogens is 330 g/mol. The number of hydrogen-bond acceptors (Lipinski definition) is 6. The Morgan fingerprint density at radius 2 is 1.92 bits per heavy atom. The average molecular weight is 351 g/mol. The van der Waals surface area contributed by atoms with Gasteiger partial charge in [0.25, 0.3) is 0 Å². The lowest BCUT2D eigenvalue weighted by molar-refractivity contribution is -0.130. The molecule has 7 nitrogen and oxygen atoms in total. The number of carbonyl (C=O) groups is 1. The maximum absolute atomic E-state index is 12.7. The van der Waals surface area contributed by atoms with Crippen LogP contribution in [0.3, 0.4) is 0 Å². The molecule has 4 rings (SSSR count). The van der Waals surface area contributed by atoms with Gasteiger partial charge in [-0.05, 0) is 26.0 Å². The first-order valence-electron chi connectivity index (χ1n) is 8.76. The van der Waals surface area contributed by atoms with Crippen LogP contribution in [0.5, 0.6) is 0 Å². The lowest BCUT2D eigenvalue weighted by Gasteiger charge is -2.35. The lowest BCUT2D eigenvalue weighted by atomic mass is 10.1. The number of piperazine rings is 1. The summed E-state index contributed by atoms with van der Waals surface area (Å²) >= 11 is 0. The van der Waals surface area contributed by atoms with Gasteiger partial charge in [-0.2, -0.15) is 0 Å². The average Bonchev–Trinajstić information content (AvgIpc) is 3.04. The van der Waals surface area contributed by atoms with Gasteiger partial charge >= 0.3 is 0 Å². The second-order valence-corrected chi connectivity index (χ2v) is 6.69. The van der Waals surface area contributed by atoms with Crippen molar-refractivity contribution in [3.63, 3.8) is 0 Å². The van der Waals surface area contributed by atoms with E-state index in [1.807, 2.05) is 43.0 Å². The van der Waals surface area contributed by atoms with Gasteiger partial charge < -0.3 is 14.3 Å². The van der Waals surface area contributed by atoms with Crippen LogP contribution in [0.4, 0.5) is 5.82 Å². The molecule has 0 spiro atoms. The zero-order valence-corrected chi connectivity index (χ0v) is 15.0. The Bertz CT molecular complexity index is 944. The molecule has 0 radical (unpaired) electrons. The fourth-order valence-electron chi connectivity index (χ4n) is 3.28. The first kappa shape index (κ1) is 16.5. The number of hydrogen-bond donors (Lipinski definition) is 0. The molecule has 134 valence electrons. The molecule has 1 aliphatic heterocycles. The van der Waals surface area contributed by atoms with E-state index < -0.39 is 0 Å². The molecule has 3 heterocycles. The van der Waals surface area contributed by atoms with Crippen molar-refractivity contribution in [3.8, 4) is 0 Å². The summed E-state index contributed by atoms with van der Waals surface area (Å²) in [5.74, 6) is 1.00. The predicted octanol–water partition coefficient (Wildman–Crippen LogP) is 2.13. The topological polar surface area (TPSA) is 75.4 Å². The molecule has 0 atom stereocenters. The molecule has 3 aromatic rings. The molecular formula is C19H21N5O2. The van der Waals surface area contributed by atoms with Crippen LogP contribution in [0.2, 0.25) is 0 Å². The number of aryl methyl sites for hydroxylation is 2. The summed E-state index contributed by atoms with van der Waals surface area (Å²) in [7, 11) is 0. The van der Waals surface area contributed by atoms with E-state index in [2.05, 4.69) is 20.0 Å². The van der Waals surface area contributed by atoms with E-state index in [9.17, 15) is 4.79 Å². The van der Waals surface area contributed by atoms with Crippen molar-refractivity contribution in [3.05, 3.63) is 47.5 Å². The van der Waals surface area contributed by atoms with Crippen molar-refractivity contribution in [1.82, 2.24) is 20.0 Å². The van der Waals surface area contributed by atoms with Crippen LogP contribution < -0.4 is 4.90 Å². The summed E-state index contributed by atoms with van der Waals surface area (Å²) in [6, 6.07) is 7.87. The van der Waals surface area contributed by atoms with Gasteiger partial charge in [-0.15, -0.1) is 0 Å². The summed E-state index contributed by atoms with van der Waals surface area (Å²) < 4.78 is 5.34. The van der Waals surface area contributed by atoms with Crippen molar-refractivity contribution in [2.24, 2.45) is 0 Å². The van der Waals surface area contributed by atoms with Gasteiger partial charge in [-0.1, -0.05) is 16.8 Å². The predicted molar refractivity (Wildman–Crippen MR) is 98.0 cm³/mol. The maximum atomic E-state index is 12.7. The van der Waals surface area contributed by atoms with Crippen LogP contribution in [0, 0.1) is 13.8 Å². The van der Waals surface area contributed by atoms with Crippen molar-refractivity contribution < 1.29 is 9.32 Å². The number of aromatic nitrogens is 3. The largest absolute Gasteiger partial charge is 0.356 e. The van der Waals surface area contributed by atoms with Crippen LogP contribution in [0.25, 0.3) is 11.0 Å². The highest BCUT2D eigenvalue weighted by Crippen LogP contribution is 2.21. The minimum Gasteiger partial charge on any atom is -0.356 e. The van der Waals surface area contributed by atoms with Crippen LogP contribution in [0.15, 0.2) is 35.1 Å². The summed E-state index contributed by atoms with van der Waals surface area (Å²) in [5.41, 5.74) is 3.51. The van der Waals surface area contributed by atoms with E-state index in [0.29, 0.717) is 18.8 Å². The molecule has 1 aromatic carbocycles. The lowest BCUT2D eigenvalue weighted by Crippen LogP contribution is -2.49. The quantitative estimate of drug-likeness (QED) is 0.719. The summed E-state index contributed by atoms with van der Waals surface area (Å²) in [4.78, 5) is 25.2. The van der Waals surface area contributed by atoms with Crippen LogP contribution in [-0.4, -0.2) is 52.1 Å². The molecule has 0 saturated carbocycles. The molecule has 0 N–H and O–H groups in total. The molecule has 0 aliphatic carbocycles. The van der Waals surface area contributed by atoms with E-state index in [-0.39, 0.29) is 12.3 Å². The van der Waals surface area contributed by atoms with Crippen LogP contribution in [0.1, 0.15) is 17.0 Å². The highest BCUT2D eigenvalue weighted by Gasteiger charge is 2.23. The SMILES string of the molecule is Cc1ccc2onc(CC(=O)N3CCN(c4cc(C)ncn4)CC3)c2c1. The minimum absolute atomic E-state index is 0.0835. The molecule has 1 aliphatic rings. The second-order valence-electron chi connectivity index (χ2n) is 6.69. The zero-order valence-electron chi connectivity index (χ0n) is 15.0. The highest BCUT2D eigenvalue weighted by atomic mass is 16.5. The molecule has 2 aromatic heterocycles. The van der Waals surface area contributed by atoms with Gasteiger partial charge in [0.15, 0.2) is 5.58 Å². The normalized spacial score (nSPS) is 14.8. The summed E-state index contributed by atoms with van der Waals surface area (Å²) in [6.45, 7) is 6.86. The molecule has 1 fully saturated rings. The van der Waals surface area contributed by atoms with Gasteiger partial charge in [0.05, 0.1) is 6.42 Å². The third-order valence-electron chi connectivity index (χ3n) is 4.76. The Balaban J connectivity index is 1.41. The van der Waals surface area contributed by atoms with E-state index in [1.165, 1.54) is 0 Å². The zero-order chi connectivity index (χ0) is 18.1. The third kappa shape index (κ3) is 3.24. The summed E-state index contributed by atoms with van der Waals surface area (Å²) in [6.07, 6.45) is 1.85.